The Morgan fingerprint density at radius 1 is 1.09 bits per heavy atom. The van der Waals surface area contributed by atoms with Crippen LogP contribution < -0.4 is 10.6 Å². The normalized spacial score (nSPS) is 14.3. The number of nitrogens with zero attached hydrogens (tertiary/aromatic N) is 4. The van der Waals surface area contributed by atoms with Gasteiger partial charge in [-0.1, -0.05) is 44.2 Å². The molecule has 2 amide bonds. The maximum atomic E-state index is 14.6. The van der Waals surface area contributed by atoms with E-state index in [4.69, 9.17) is 4.74 Å². The van der Waals surface area contributed by atoms with Crippen molar-refractivity contribution in [2.75, 3.05) is 12.4 Å². The molecule has 3 aromatic rings. The summed E-state index contributed by atoms with van der Waals surface area (Å²) in [7, 11) is 1.58. The van der Waals surface area contributed by atoms with Gasteiger partial charge in [0.2, 0.25) is 5.91 Å². The van der Waals surface area contributed by atoms with Gasteiger partial charge >= 0.3 is 0 Å². The van der Waals surface area contributed by atoms with Crippen LogP contribution in [0.15, 0.2) is 77.2 Å². The Bertz CT molecular complexity index is 1630. The van der Waals surface area contributed by atoms with Crippen LogP contribution in [0.3, 0.4) is 0 Å². The number of ether oxygens (including phenoxy) is 1. The molecule has 0 saturated carbocycles. The summed E-state index contributed by atoms with van der Waals surface area (Å²) < 4.78 is 36.2. The lowest BCUT2D eigenvalue weighted by Gasteiger charge is -2.28. The number of allylic oxidation sites excluding steroid dienone is 2. The second kappa shape index (κ2) is 16.4. The van der Waals surface area contributed by atoms with Gasteiger partial charge in [-0.25, -0.2) is 18.7 Å². The van der Waals surface area contributed by atoms with Gasteiger partial charge in [0.05, 0.1) is 23.5 Å². The highest BCUT2D eigenvalue weighted by Crippen LogP contribution is 2.31. The van der Waals surface area contributed by atoms with Crippen molar-refractivity contribution in [2.45, 2.75) is 85.4 Å². The summed E-state index contributed by atoms with van der Waals surface area (Å²) in [6.07, 6.45) is 5.69. The van der Waals surface area contributed by atoms with Crippen molar-refractivity contribution in [1.29, 1.82) is 0 Å². The predicted molar refractivity (Wildman–Crippen MR) is 181 cm³/mol. The van der Waals surface area contributed by atoms with E-state index in [2.05, 4.69) is 32.2 Å². The van der Waals surface area contributed by atoms with Gasteiger partial charge in [0, 0.05) is 44.1 Å². The number of aromatic nitrogens is 3. The van der Waals surface area contributed by atoms with Gasteiger partial charge in [-0.2, -0.15) is 0 Å². The van der Waals surface area contributed by atoms with Crippen molar-refractivity contribution in [3.8, 4) is 0 Å². The van der Waals surface area contributed by atoms with Gasteiger partial charge < -0.3 is 19.9 Å². The van der Waals surface area contributed by atoms with Crippen LogP contribution >= 0.6 is 0 Å². The van der Waals surface area contributed by atoms with Gasteiger partial charge in [0.15, 0.2) is 11.6 Å². The monoisotopic (exact) mass is 648 g/mol. The van der Waals surface area contributed by atoms with Crippen LogP contribution in [0, 0.1) is 17.6 Å². The smallest absolute Gasteiger partial charge is 0.252 e. The Hall–Kier alpha value is -4.51. The lowest BCUT2D eigenvalue weighted by atomic mass is 9.97. The molecule has 2 heterocycles. The number of amides is 2. The van der Waals surface area contributed by atoms with Crippen LogP contribution in [0.1, 0.15) is 90.3 Å². The van der Waals surface area contributed by atoms with Crippen LogP contribution in [0.25, 0.3) is 0 Å². The van der Waals surface area contributed by atoms with Crippen LogP contribution in [-0.2, 0) is 26.5 Å². The lowest BCUT2D eigenvalue weighted by molar-refractivity contribution is -0.118. The SMILES string of the molecule is C=C(C=N/C(C)=C(\C)CC(C)CC(=O)Nc1ccccn1)C(=O)NC(C)c1ncc(C(C)(C)OC)n1CC(C)c1cccc(F)c1F. The molecule has 252 valence electrons. The van der Waals surface area contributed by atoms with Crippen LogP contribution in [0.5, 0.6) is 0 Å². The fraction of sp³-hybridized carbons (Fsp3) is 0.417. The van der Waals surface area contributed by atoms with Crippen molar-refractivity contribution in [1.82, 2.24) is 19.9 Å². The molecule has 0 fully saturated rings. The van der Waals surface area contributed by atoms with Gasteiger partial charge in [-0.3, -0.25) is 14.6 Å². The summed E-state index contributed by atoms with van der Waals surface area (Å²) in [4.78, 5) is 38.7. The van der Waals surface area contributed by atoms with Crippen molar-refractivity contribution in [3.63, 3.8) is 0 Å². The zero-order valence-electron chi connectivity index (χ0n) is 28.5. The van der Waals surface area contributed by atoms with Crippen molar-refractivity contribution >= 4 is 23.8 Å². The van der Waals surface area contributed by atoms with E-state index in [-0.39, 0.29) is 29.5 Å². The summed E-state index contributed by atoms with van der Waals surface area (Å²) >= 11 is 0. The average molecular weight is 649 g/mol. The van der Waals surface area contributed by atoms with E-state index in [1.807, 2.05) is 52.2 Å². The topological polar surface area (TPSA) is 110 Å². The lowest BCUT2D eigenvalue weighted by Crippen LogP contribution is -2.32. The van der Waals surface area contributed by atoms with Crippen LogP contribution in [0.4, 0.5) is 14.6 Å². The third-order valence-electron chi connectivity index (χ3n) is 8.16. The first kappa shape index (κ1) is 37.0. The summed E-state index contributed by atoms with van der Waals surface area (Å²) in [6, 6.07) is 8.91. The fourth-order valence-electron chi connectivity index (χ4n) is 5.17. The maximum Gasteiger partial charge on any atom is 0.252 e. The molecule has 3 atom stereocenters. The third kappa shape index (κ3) is 9.99. The zero-order chi connectivity index (χ0) is 34.9. The first-order chi connectivity index (χ1) is 22.1. The first-order valence-corrected chi connectivity index (χ1v) is 15.6. The van der Waals surface area contributed by atoms with Crippen molar-refractivity contribution in [3.05, 3.63) is 101 Å². The molecule has 0 aliphatic heterocycles. The van der Waals surface area contributed by atoms with Crippen molar-refractivity contribution in [2.24, 2.45) is 10.9 Å². The van der Waals surface area contributed by atoms with Gasteiger partial charge in [0.25, 0.3) is 5.91 Å². The van der Waals surface area contributed by atoms with E-state index < -0.39 is 35.1 Å². The molecule has 0 saturated heterocycles. The number of nitrogens with one attached hydrogen (secondary N) is 2. The van der Waals surface area contributed by atoms with E-state index in [0.29, 0.717) is 24.5 Å². The van der Waals surface area contributed by atoms with E-state index in [9.17, 15) is 18.4 Å². The maximum absolute atomic E-state index is 14.6. The molecule has 47 heavy (non-hydrogen) atoms. The van der Waals surface area contributed by atoms with Crippen molar-refractivity contribution < 1.29 is 23.1 Å². The predicted octanol–water partition coefficient (Wildman–Crippen LogP) is 7.39. The van der Waals surface area contributed by atoms with Crippen LogP contribution in [0.2, 0.25) is 0 Å². The number of imidazole rings is 1. The molecule has 0 aliphatic carbocycles. The molecule has 2 aromatic heterocycles. The Balaban J connectivity index is 1.68. The Morgan fingerprint density at radius 3 is 2.47 bits per heavy atom. The number of halogens is 2. The number of methoxy groups -OCH3 is 1. The minimum Gasteiger partial charge on any atom is -0.373 e. The van der Waals surface area contributed by atoms with E-state index in [0.717, 1.165) is 23.0 Å². The van der Waals surface area contributed by atoms with Gasteiger partial charge in [-0.15, -0.1) is 0 Å². The number of benzene rings is 1. The summed E-state index contributed by atoms with van der Waals surface area (Å²) in [6.45, 7) is 17.3. The molecule has 1 aromatic carbocycles. The Kier molecular flexibility index (Phi) is 12.9. The molecule has 9 nitrogen and oxygen atoms in total. The zero-order valence-corrected chi connectivity index (χ0v) is 28.5. The number of hydrogen-bond acceptors (Lipinski definition) is 6. The van der Waals surface area contributed by atoms with E-state index >= 15 is 0 Å². The number of anilines is 1. The molecule has 0 radical (unpaired) electrons. The number of pyridine rings is 1. The molecule has 0 aliphatic rings. The largest absolute Gasteiger partial charge is 0.373 e. The summed E-state index contributed by atoms with van der Waals surface area (Å²) in [5, 5.41) is 5.72. The highest BCUT2D eigenvalue weighted by atomic mass is 19.2. The molecule has 11 heteroatoms. The first-order valence-electron chi connectivity index (χ1n) is 15.6. The number of hydrogen-bond donors (Lipinski definition) is 2. The minimum absolute atomic E-state index is 0.0630. The van der Waals surface area contributed by atoms with E-state index in [1.165, 1.54) is 12.3 Å². The van der Waals surface area contributed by atoms with Gasteiger partial charge in [-0.05, 0) is 70.7 Å². The Morgan fingerprint density at radius 2 is 1.81 bits per heavy atom. The third-order valence-corrected chi connectivity index (χ3v) is 8.16. The highest BCUT2D eigenvalue weighted by Gasteiger charge is 2.29. The molecule has 0 bridgehead atoms. The average Bonchev–Trinajstić information content (AvgIpc) is 3.45. The number of carbonyl (C=O) groups is 2. The quantitative estimate of drug-likeness (QED) is 0.132. The van der Waals surface area contributed by atoms with Crippen LogP contribution in [-0.4, -0.2) is 39.7 Å². The number of aliphatic imine (C=N–C) groups is 1. The summed E-state index contributed by atoms with van der Waals surface area (Å²) in [5.74, 6) is -1.64. The number of rotatable bonds is 15. The highest BCUT2D eigenvalue weighted by molar-refractivity contribution is 6.11. The molecular formula is C36H46F2N6O3. The second-order valence-corrected chi connectivity index (χ2v) is 12.5. The second-order valence-electron chi connectivity index (χ2n) is 12.5. The van der Waals surface area contributed by atoms with E-state index in [1.54, 1.807) is 44.6 Å². The van der Waals surface area contributed by atoms with Gasteiger partial charge in [0.1, 0.15) is 17.2 Å². The molecule has 3 unspecified atom stereocenters. The Labute approximate surface area is 276 Å². The molecule has 0 spiro atoms. The molecule has 2 N–H and O–H groups in total. The number of carbonyl (C=O) groups excluding carboxylic acids is 2. The standard InChI is InChI=1S/C36H46F2N6O3/c1-22(18-32(45)43-31-15-10-11-16-39-31)17-23(2)26(5)40-19-24(3)35(46)42-27(6)34-41-20-30(36(7,8)47-9)44(34)21-25(4)28-13-12-14-29(37)33(28)38/h10-16,19-20,22,25,27H,3,17-18,21H2,1-2,4-9H3,(H,42,46)(H,39,43,45)/b26-23+,40-19?. The summed E-state index contributed by atoms with van der Waals surface area (Å²) in [5.41, 5.74) is 2.09. The fourth-order valence-corrected chi connectivity index (χ4v) is 5.17. The molecule has 3 rings (SSSR count). The minimum atomic E-state index is -0.905. The molecular weight excluding hydrogens is 602 g/mol.